The number of alkyl carbamates (subject to hydrolysis) is 1. The van der Waals surface area contributed by atoms with Gasteiger partial charge in [-0.05, 0) is 84.8 Å². The summed E-state index contributed by atoms with van der Waals surface area (Å²) >= 11 is 0. The van der Waals surface area contributed by atoms with Gasteiger partial charge >= 0.3 is 6.09 Å². The predicted molar refractivity (Wildman–Crippen MR) is 147 cm³/mol. The van der Waals surface area contributed by atoms with Crippen molar-refractivity contribution in [1.29, 1.82) is 0 Å². The molecule has 3 unspecified atom stereocenters. The number of aryl methyl sites for hydroxylation is 2. The number of ether oxygens (including phenoxy) is 1. The van der Waals surface area contributed by atoms with Crippen LogP contribution in [0.1, 0.15) is 102 Å². The fourth-order valence-electron chi connectivity index (χ4n) is 4.66. The summed E-state index contributed by atoms with van der Waals surface area (Å²) in [5, 5.41) is 5.76. The first-order chi connectivity index (χ1) is 17.7. The molecular formula is C29H46N4O5. The maximum Gasteiger partial charge on any atom is 0.408 e. The van der Waals surface area contributed by atoms with Crippen molar-refractivity contribution in [1.82, 2.24) is 15.5 Å². The van der Waals surface area contributed by atoms with Gasteiger partial charge in [-0.1, -0.05) is 37.1 Å². The first-order valence-electron chi connectivity index (χ1n) is 13.7. The maximum absolute atomic E-state index is 14.2. The van der Waals surface area contributed by atoms with Crippen LogP contribution in [0.4, 0.5) is 4.79 Å². The highest BCUT2D eigenvalue weighted by Crippen LogP contribution is 2.35. The summed E-state index contributed by atoms with van der Waals surface area (Å²) in [5.41, 5.74) is 7.24. The first-order valence-corrected chi connectivity index (χ1v) is 13.7. The van der Waals surface area contributed by atoms with Crippen molar-refractivity contribution in [2.24, 2.45) is 5.73 Å². The quantitative estimate of drug-likeness (QED) is 0.373. The van der Waals surface area contributed by atoms with Crippen LogP contribution >= 0.6 is 0 Å². The summed E-state index contributed by atoms with van der Waals surface area (Å²) in [5.74, 6) is -1.27. The average molecular weight is 531 g/mol. The molecule has 0 radical (unpaired) electrons. The molecule has 1 saturated carbocycles. The molecule has 9 nitrogen and oxygen atoms in total. The Morgan fingerprint density at radius 3 is 2.29 bits per heavy atom. The Morgan fingerprint density at radius 2 is 1.76 bits per heavy atom. The lowest BCUT2D eigenvalue weighted by Crippen LogP contribution is -2.58. The van der Waals surface area contributed by atoms with Crippen LogP contribution in [0, 0.1) is 13.8 Å². The van der Waals surface area contributed by atoms with E-state index in [1.807, 2.05) is 39.0 Å². The number of rotatable bonds is 12. The number of nitrogens with zero attached hydrogens (tertiary/aromatic N) is 1. The Kier molecular flexibility index (Phi) is 11.2. The van der Waals surface area contributed by atoms with Crippen LogP contribution in [0.15, 0.2) is 18.2 Å². The molecule has 1 aliphatic rings. The summed E-state index contributed by atoms with van der Waals surface area (Å²) in [6.07, 6.45) is 3.30. The highest BCUT2D eigenvalue weighted by Gasteiger charge is 2.42. The third-order valence-corrected chi connectivity index (χ3v) is 6.76. The monoisotopic (exact) mass is 530 g/mol. The molecule has 4 amide bonds. The summed E-state index contributed by atoms with van der Waals surface area (Å²) in [4.78, 5) is 54.1. The number of hydrogen-bond acceptors (Lipinski definition) is 5. The Bertz CT molecular complexity index is 999. The lowest BCUT2D eigenvalue weighted by Gasteiger charge is -2.44. The summed E-state index contributed by atoms with van der Waals surface area (Å²) in [7, 11) is 0. The van der Waals surface area contributed by atoms with E-state index in [2.05, 4.69) is 17.6 Å². The van der Waals surface area contributed by atoms with Crippen molar-refractivity contribution < 1.29 is 23.9 Å². The highest BCUT2D eigenvalue weighted by atomic mass is 16.6. The van der Waals surface area contributed by atoms with Gasteiger partial charge in [0.05, 0.1) is 0 Å². The number of amides is 4. The van der Waals surface area contributed by atoms with Crippen LogP contribution < -0.4 is 16.4 Å². The number of benzene rings is 1. The van der Waals surface area contributed by atoms with E-state index in [1.54, 1.807) is 25.7 Å². The molecule has 4 N–H and O–H groups in total. The second-order valence-electron chi connectivity index (χ2n) is 11.5. The Morgan fingerprint density at radius 1 is 1.11 bits per heavy atom. The number of nitrogens with two attached hydrogens (primary N) is 1. The minimum absolute atomic E-state index is 0.00397. The van der Waals surface area contributed by atoms with E-state index in [0.717, 1.165) is 48.8 Å². The van der Waals surface area contributed by atoms with Crippen LogP contribution in [-0.4, -0.2) is 52.4 Å². The van der Waals surface area contributed by atoms with Gasteiger partial charge in [0.1, 0.15) is 17.7 Å². The number of nitrogens with one attached hydrogen (secondary N) is 2. The van der Waals surface area contributed by atoms with Crippen molar-refractivity contribution in [3.63, 3.8) is 0 Å². The molecule has 2 rings (SSSR count). The fraction of sp³-hybridized carbons (Fsp3) is 0.655. The van der Waals surface area contributed by atoms with Crippen LogP contribution in [-0.2, 0) is 19.1 Å². The van der Waals surface area contributed by atoms with Crippen molar-refractivity contribution in [2.75, 3.05) is 0 Å². The minimum atomic E-state index is -1.08. The molecule has 1 aromatic carbocycles. The van der Waals surface area contributed by atoms with Gasteiger partial charge in [0.2, 0.25) is 17.7 Å². The molecule has 0 saturated heterocycles. The first kappa shape index (κ1) is 31.1. The molecule has 212 valence electrons. The largest absolute Gasteiger partial charge is 0.444 e. The van der Waals surface area contributed by atoms with Gasteiger partial charge in [0.15, 0.2) is 0 Å². The normalized spacial score (nSPS) is 16.0. The molecule has 1 aliphatic carbocycles. The molecule has 3 atom stereocenters. The third-order valence-electron chi connectivity index (χ3n) is 6.76. The molecule has 0 heterocycles. The molecule has 1 fully saturated rings. The van der Waals surface area contributed by atoms with E-state index >= 15 is 0 Å². The van der Waals surface area contributed by atoms with Gasteiger partial charge < -0.3 is 26.0 Å². The lowest BCUT2D eigenvalue weighted by molar-refractivity contribution is -0.148. The van der Waals surface area contributed by atoms with Crippen molar-refractivity contribution in [3.05, 3.63) is 34.9 Å². The second kappa shape index (κ2) is 13.6. The van der Waals surface area contributed by atoms with Crippen LogP contribution in [0.2, 0.25) is 0 Å². The number of hydrogen-bond donors (Lipinski definition) is 3. The lowest BCUT2D eigenvalue weighted by atomic mass is 9.86. The van der Waals surface area contributed by atoms with Crippen molar-refractivity contribution >= 4 is 23.8 Å². The van der Waals surface area contributed by atoms with Gasteiger partial charge in [-0.15, -0.1) is 0 Å². The Labute approximate surface area is 227 Å². The Balaban J connectivity index is 2.55. The summed E-state index contributed by atoms with van der Waals surface area (Å²) < 4.78 is 5.40. The van der Waals surface area contributed by atoms with Crippen molar-refractivity contribution in [2.45, 2.75) is 123 Å². The van der Waals surface area contributed by atoms with E-state index < -0.39 is 35.6 Å². The standard InChI is InChI=1S/C29H46N4O5/c1-8-10-20(4)31-26(35)25(22-17-18(2)13-14-19(22)3)33(21-11-9-12-21)27(36)23(15-16-24(30)34)32-28(37)38-29(5,6)7/h13-14,17,20-21,23,25H,8-12,15-16H2,1-7H3,(H2,30,34)(H,31,35)(H,32,37). The molecule has 0 aromatic heterocycles. The van der Waals surface area contributed by atoms with E-state index in [0.29, 0.717) is 0 Å². The van der Waals surface area contributed by atoms with Gasteiger partial charge in [-0.3, -0.25) is 14.4 Å². The molecule has 1 aromatic rings. The Hall–Kier alpha value is -3.10. The SMILES string of the molecule is CCCC(C)NC(=O)C(c1cc(C)ccc1C)N(C(=O)C(CCC(N)=O)NC(=O)OC(C)(C)C)C1CCC1. The predicted octanol–water partition coefficient (Wildman–Crippen LogP) is 4.19. The van der Waals surface area contributed by atoms with Crippen LogP contribution in [0.25, 0.3) is 0 Å². The molecule has 9 heteroatoms. The average Bonchev–Trinajstić information content (AvgIpc) is 2.75. The van der Waals surface area contributed by atoms with Crippen molar-refractivity contribution in [3.8, 4) is 0 Å². The minimum Gasteiger partial charge on any atom is -0.444 e. The number of primary amides is 1. The molecule has 38 heavy (non-hydrogen) atoms. The number of carbonyl (C=O) groups is 4. The third kappa shape index (κ3) is 9.03. The molecule has 0 spiro atoms. The van der Waals surface area contributed by atoms with Gasteiger partial charge in [-0.25, -0.2) is 4.79 Å². The molecular weight excluding hydrogens is 484 g/mol. The molecule has 0 aliphatic heterocycles. The highest BCUT2D eigenvalue weighted by molar-refractivity contribution is 5.93. The van der Waals surface area contributed by atoms with E-state index in [-0.39, 0.29) is 30.8 Å². The zero-order valence-corrected chi connectivity index (χ0v) is 24.1. The second-order valence-corrected chi connectivity index (χ2v) is 11.5. The summed E-state index contributed by atoms with van der Waals surface area (Å²) in [6.45, 7) is 13.1. The van der Waals surface area contributed by atoms with Gasteiger partial charge in [-0.2, -0.15) is 0 Å². The maximum atomic E-state index is 14.2. The molecule has 0 bridgehead atoms. The number of carbonyl (C=O) groups excluding carboxylic acids is 4. The smallest absolute Gasteiger partial charge is 0.408 e. The van der Waals surface area contributed by atoms with Crippen LogP contribution in [0.5, 0.6) is 0 Å². The van der Waals surface area contributed by atoms with Gasteiger partial charge in [0, 0.05) is 18.5 Å². The zero-order valence-electron chi connectivity index (χ0n) is 24.1. The van der Waals surface area contributed by atoms with E-state index in [1.165, 1.54) is 0 Å². The van der Waals surface area contributed by atoms with E-state index in [9.17, 15) is 19.2 Å². The topological polar surface area (TPSA) is 131 Å². The fourth-order valence-corrected chi connectivity index (χ4v) is 4.66. The van der Waals surface area contributed by atoms with Crippen LogP contribution in [0.3, 0.4) is 0 Å². The van der Waals surface area contributed by atoms with Gasteiger partial charge in [0.25, 0.3) is 0 Å². The summed E-state index contributed by atoms with van der Waals surface area (Å²) in [6, 6.07) is 3.67. The van der Waals surface area contributed by atoms with E-state index in [4.69, 9.17) is 10.5 Å². The zero-order chi connectivity index (χ0) is 28.6.